The number of pyridine rings is 1. The molecule has 1 N–H and O–H groups in total. The van der Waals surface area contributed by atoms with Crippen molar-refractivity contribution < 1.29 is 0 Å². The molecule has 0 saturated carbocycles. The summed E-state index contributed by atoms with van der Waals surface area (Å²) in [6, 6.07) is 14.1. The van der Waals surface area contributed by atoms with Crippen LogP contribution < -0.4 is 15.8 Å². The molecule has 4 rings (SSSR count). The number of nitrogens with zero attached hydrogens (tertiary/aromatic N) is 4. The Hall–Kier alpha value is -2.89. The summed E-state index contributed by atoms with van der Waals surface area (Å²) in [5, 5.41) is 9.41. The van der Waals surface area contributed by atoms with Crippen LogP contribution in [-0.2, 0) is 0 Å². The van der Waals surface area contributed by atoms with Crippen molar-refractivity contribution >= 4 is 22.4 Å². The number of aromatic nitrogens is 3. The lowest BCUT2D eigenvalue weighted by molar-refractivity contribution is 0.451. The first-order valence-corrected chi connectivity index (χ1v) is 10.1. The molecule has 1 saturated heterocycles. The van der Waals surface area contributed by atoms with E-state index >= 15 is 0 Å². The molecule has 1 atom stereocenters. The molecule has 28 heavy (non-hydrogen) atoms. The SMILES string of the molecule is CC(C)n1nc(N2CCCCC2CNc2ccnc3ccccc23)ccc1=O. The Morgan fingerprint density at radius 1 is 1.14 bits per heavy atom. The Bertz CT molecular complexity index is 1010. The summed E-state index contributed by atoms with van der Waals surface area (Å²) in [6.07, 6.45) is 5.32. The molecular formula is C22H27N5O. The number of para-hydroxylation sites is 1. The van der Waals surface area contributed by atoms with Gasteiger partial charge in [-0.25, -0.2) is 4.68 Å². The van der Waals surface area contributed by atoms with Crippen LogP contribution in [0.4, 0.5) is 11.5 Å². The predicted molar refractivity (Wildman–Crippen MR) is 114 cm³/mol. The molecule has 1 fully saturated rings. The maximum absolute atomic E-state index is 12.1. The number of hydrogen-bond donors (Lipinski definition) is 1. The fourth-order valence-electron chi connectivity index (χ4n) is 3.93. The molecule has 0 bridgehead atoms. The van der Waals surface area contributed by atoms with E-state index in [1.165, 1.54) is 6.42 Å². The van der Waals surface area contributed by atoms with Crippen LogP contribution in [0.25, 0.3) is 10.9 Å². The van der Waals surface area contributed by atoms with Crippen molar-refractivity contribution in [2.75, 3.05) is 23.3 Å². The normalized spacial score (nSPS) is 17.2. The molecule has 6 heteroatoms. The van der Waals surface area contributed by atoms with Gasteiger partial charge in [0, 0.05) is 42.5 Å². The first-order valence-electron chi connectivity index (χ1n) is 10.1. The van der Waals surface area contributed by atoms with Crippen molar-refractivity contribution in [3.05, 3.63) is 59.0 Å². The van der Waals surface area contributed by atoms with E-state index in [2.05, 4.69) is 26.4 Å². The number of benzene rings is 1. The summed E-state index contributed by atoms with van der Waals surface area (Å²) in [5.41, 5.74) is 2.06. The van der Waals surface area contributed by atoms with Crippen LogP contribution in [0.5, 0.6) is 0 Å². The van der Waals surface area contributed by atoms with Gasteiger partial charge in [0.05, 0.1) is 11.6 Å². The monoisotopic (exact) mass is 377 g/mol. The van der Waals surface area contributed by atoms with Crippen LogP contribution in [0.2, 0.25) is 0 Å². The van der Waals surface area contributed by atoms with Crippen molar-refractivity contribution in [3.63, 3.8) is 0 Å². The summed E-state index contributed by atoms with van der Waals surface area (Å²) >= 11 is 0. The highest BCUT2D eigenvalue weighted by atomic mass is 16.1. The van der Waals surface area contributed by atoms with Gasteiger partial charge >= 0.3 is 0 Å². The van der Waals surface area contributed by atoms with Gasteiger partial charge < -0.3 is 10.2 Å². The van der Waals surface area contributed by atoms with E-state index in [-0.39, 0.29) is 11.6 Å². The lowest BCUT2D eigenvalue weighted by atomic mass is 10.0. The van der Waals surface area contributed by atoms with E-state index in [1.54, 1.807) is 10.7 Å². The van der Waals surface area contributed by atoms with E-state index in [1.807, 2.05) is 50.4 Å². The summed E-state index contributed by atoms with van der Waals surface area (Å²) < 4.78 is 1.57. The molecule has 1 aliphatic heterocycles. The molecule has 1 aliphatic rings. The van der Waals surface area contributed by atoms with Gasteiger partial charge in [-0.05, 0) is 51.3 Å². The lowest BCUT2D eigenvalue weighted by Crippen LogP contribution is -2.45. The highest BCUT2D eigenvalue weighted by molar-refractivity contribution is 5.90. The number of anilines is 2. The maximum Gasteiger partial charge on any atom is 0.267 e. The van der Waals surface area contributed by atoms with Gasteiger partial charge in [0.15, 0.2) is 0 Å². The Balaban J connectivity index is 1.56. The lowest BCUT2D eigenvalue weighted by Gasteiger charge is -2.37. The van der Waals surface area contributed by atoms with Gasteiger partial charge in [0.25, 0.3) is 5.56 Å². The third-order valence-corrected chi connectivity index (χ3v) is 5.40. The van der Waals surface area contributed by atoms with Gasteiger partial charge in [-0.3, -0.25) is 9.78 Å². The van der Waals surface area contributed by atoms with Crippen molar-refractivity contribution in [1.82, 2.24) is 14.8 Å². The largest absolute Gasteiger partial charge is 0.382 e. The summed E-state index contributed by atoms with van der Waals surface area (Å²) in [4.78, 5) is 18.9. The fraction of sp³-hybridized carbons (Fsp3) is 0.409. The Kier molecular flexibility index (Phi) is 5.28. The van der Waals surface area contributed by atoms with E-state index in [0.717, 1.165) is 48.3 Å². The number of hydrogen-bond acceptors (Lipinski definition) is 5. The summed E-state index contributed by atoms with van der Waals surface area (Å²) in [6.45, 7) is 5.77. The minimum Gasteiger partial charge on any atom is -0.382 e. The maximum atomic E-state index is 12.1. The zero-order valence-corrected chi connectivity index (χ0v) is 16.5. The molecule has 2 aromatic heterocycles. The first-order chi connectivity index (χ1) is 13.6. The van der Waals surface area contributed by atoms with Crippen LogP contribution in [-0.4, -0.2) is 33.9 Å². The van der Waals surface area contributed by atoms with Crippen molar-refractivity contribution in [2.24, 2.45) is 0 Å². The molecule has 3 heterocycles. The Morgan fingerprint density at radius 2 is 2.00 bits per heavy atom. The minimum absolute atomic E-state index is 0.0475. The molecule has 0 amide bonds. The molecule has 1 unspecified atom stereocenters. The quantitative estimate of drug-likeness (QED) is 0.732. The molecule has 1 aromatic carbocycles. The second-order valence-corrected chi connectivity index (χ2v) is 7.67. The second-order valence-electron chi connectivity index (χ2n) is 7.67. The molecule has 3 aromatic rings. The van der Waals surface area contributed by atoms with Crippen molar-refractivity contribution in [2.45, 2.75) is 45.2 Å². The zero-order valence-electron chi connectivity index (χ0n) is 16.5. The molecule has 146 valence electrons. The minimum atomic E-state index is -0.0475. The van der Waals surface area contributed by atoms with Crippen molar-refractivity contribution in [1.29, 1.82) is 0 Å². The third kappa shape index (κ3) is 3.72. The molecule has 6 nitrogen and oxygen atoms in total. The van der Waals surface area contributed by atoms with Crippen LogP contribution in [0.15, 0.2) is 53.5 Å². The number of rotatable bonds is 5. The topological polar surface area (TPSA) is 63.1 Å². The smallest absolute Gasteiger partial charge is 0.267 e. The van der Waals surface area contributed by atoms with E-state index in [0.29, 0.717) is 6.04 Å². The number of nitrogens with one attached hydrogen (secondary N) is 1. The molecule has 0 radical (unpaired) electrons. The van der Waals surface area contributed by atoms with Gasteiger partial charge in [-0.1, -0.05) is 18.2 Å². The zero-order chi connectivity index (χ0) is 19.5. The first kappa shape index (κ1) is 18.5. The van der Waals surface area contributed by atoms with Gasteiger partial charge in [0.2, 0.25) is 0 Å². The predicted octanol–water partition coefficient (Wildman–Crippen LogP) is 3.84. The summed E-state index contributed by atoms with van der Waals surface area (Å²) in [5.74, 6) is 0.888. The van der Waals surface area contributed by atoms with Gasteiger partial charge in [-0.2, -0.15) is 5.10 Å². The van der Waals surface area contributed by atoms with Crippen LogP contribution in [0.3, 0.4) is 0 Å². The standard InChI is InChI=1S/C22H27N5O/c1-16(2)27-22(28)11-10-21(25-27)26-14-6-5-7-17(26)15-24-20-12-13-23-19-9-4-3-8-18(19)20/h3-4,8-13,16-17H,5-7,14-15H2,1-2H3,(H,23,24). The molecule has 0 spiro atoms. The second kappa shape index (κ2) is 8.00. The number of fused-ring (bicyclic) bond motifs is 1. The highest BCUT2D eigenvalue weighted by Crippen LogP contribution is 2.25. The average Bonchev–Trinajstić information content (AvgIpc) is 2.72. The van der Waals surface area contributed by atoms with Crippen LogP contribution in [0, 0.1) is 0 Å². The molecular weight excluding hydrogens is 350 g/mol. The van der Waals surface area contributed by atoms with Gasteiger partial charge in [0.1, 0.15) is 5.82 Å². The Labute approximate surface area is 165 Å². The fourth-order valence-corrected chi connectivity index (χ4v) is 3.93. The molecule has 0 aliphatic carbocycles. The summed E-state index contributed by atoms with van der Waals surface area (Å²) in [7, 11) is 0. The number of piperidine rings is 1. The van der Waals surface area contributed by atoms with Crippen LogP contribution >= 0.6 is 0 Å². The Morgan fingerprint density at radius 3 is 2.86 bits per heavy atom. The average molecular weight is 377 g/mol. The van der Waals surface area contributed by atoms with Crippen molar-refractivity contribution in [3.8, 4) is 0 Å². The van der Waals surface area contributed by atoms with Crippen LogP contribution in [0.1, 0.15) is 39.2 Å². The van der Waals surface area contributed by atoms with E-state index < -0.39 is 0 Å². The van der Waals surface area contributed by atoms with Gasteiger partial charge in [-0.15, -0.1) is 0 Å². The van der Waals surface area contributed by atoms with E-state index in [9.17, 15) is 4.79 Å². The van der Waals surface area contributed by atoms with E-state index in [4.69, 9.17) is 0 Å². The highest BCUT2D eigenvalue weighted by Gasteiger charge is 2.24. The third-order valence-electron chi connectivity index (χ3n) is 5.40.